The van der Waals surface area contributed by atoms with Crippen LogP contribution in [0.2, 0.25) is 0 Å². The van der Waals surface area contributed by atoms with E-state index in [-0.39, 0.29) is 5.91 Å². The number of benzene rings is 1. The molecule has 0 aliphatic carbocycles. The molecule has 0 bridgehead atoms. The van der Waals surface area contributed by atoms with Gasteiger partial charge >= 0.3 is 0 Å². The van der Waals surface area contributed by atoms with E-state index in [4.69, 9.17) is 9.47 Å². The summed E-state index contributed by atoms with van der Waals surface area (Å²) in [5.41, 5.74) is 1.57. The smallest absolute Gasteiger partial charge is 0.236 e. The summed E-state index contributed by atoms with van der Waals surface area (Å²) in [6, 6.07) is 9.64. The van der Waals surface area contributed by atoms with Crippen LogP contribution in [-0.4, -0.2) is 30.9 Å². The topological polar surface area (TPSA) is 60.5 Å². The number of carbonyl (C=O) groups excluding carboxylic acids is 1. The number of carbonyl (C=O) groups is 1. The summed E-state index contributed by atoms with van der Waals surface area (Å²) >= 11 is 4.68. The molecule has 26 heavy (non-hydrogen) atoms. The highest BCUT2D eigenvalue weighted by atomic mass is 32.2. The maximum Gasteiger partial charge on any atom is 0.236 e. The number of nitrogens with zero attached hydrogens (tertiary/aromatic N) is 1. The van der Waals surface area contributed by atoms with Crippen molar-refractivity contribution in [3.8, 4) is 22.8 Å². The van der Waals surface area contributed by atoms with E-state index in [1.54, 1.807) is 37.3 Å². The molecular formula is C18H18N2O3S3. The molecule has 1 amide bonds. The Morgan fingerprint density at radius 1 is 1.23 bits per heavy atom. The van der Waals surface area contributed by atoms with Crippen LogP contribution in [-0.2, 0) is 10.5 Å². The van der Waals surface area contributed by atoms with E-state index >= 15 is 0 Å². The Kier molecular flexibility index (Phi) is 6.54. The maximum atomic E-state index is 12.1. The van der Waals surface area contributed by atoms with E-state index in [9.17, 15) is 4.79 Å². The molecule has 3 aromatic rings. The molecule has 0 unspecified atom stereocenters. The molecule has 1 aromatic carbocycles. The van der Waals surface area contributed by atoms with Gasteiger partial charge in [-0.25, -0.2) is 4.98 Å². The molecule has 0 saturated heterocycles. The number of methoxy groups -OCH3 is 2. The standard InChI is InChI=1S/C18H18N2O3S3/c1-22-12-5-6-16(23-2)14(8-12)15-10-26-18(19-15)20-17(21)11-24-9-13-4-3-7-25-13/h3-8,10H,9,11H2,1-2H3,(H,19,20,21). The fraction of sp³-hybridized carbons (Fsp3) is 0.222. The van der Waals surface area contributed by atoms with Crippen molar-refractivity contribution in [2.24, 2.45) is 0 Å². The summed E-state index contributed by atoms with van der Waals surface area (Å²) in [7, 11) is 3.23. The Hall–Kier alpha value is -2.03. The first-order valence-corrected chi connectivity index (χ1v) is 10.7. The van der Waals surface area contributed by atoms with Crippen LogP contribution < -0.4 is 14.8 Å². The van der Waals surface area contributed by atoms with E-state index < -0.39 is 0 Å². The van der Waals surface area contributed by atoms with Gasteiger partial charge in [-0.2, -0.15) is 0 Å². The number of aromatic nitrogens is 1. The molecule has 2 heterocycles. The van der Waals surface area contributed by atoms with Crippen LogP contribution in [0.3, 0.4) is 0 Å². The zero-order valence-corrected chi connectivity index (χ0v) is 16.8. The number of rotatable bonds is 8. The van der Waals surface area contributed by atoms with Crippen molar-refractivity contribution < 1.29 is 14.3 Å². The van der Waals surface area contributed by atoms with Gasteiger partial charge in [-0.1, -0.05) is 6.07 Å². The summed E-state index contributed by atoms with van der Waals surface area (Å²) in [5, 5.41) is 7.37. The third-order valence-corrected chi connectivity index (χ3v) is 6.29. The van der Waals surface area contributed by atoms with Gasteiger partial charge in [0.15, 0.2) is 5.13 Å². The SMILES string of the molecule is COc1ccc(OC)c(-c2csc(NC(=O)CSCc3cccs3)n2)c1. The van der Waals surface area contributed by atoms with Crippen molar-refractivity contribution in [3.05, 3.63) is 46.0 Å². The third-order valence-electron chi connectivity index (χ3n) is 3.49. The Morgan fingerprint density at radius 3 is 2.85 bits per heavy atom. The molecule has 5 nitrogen and oxygen atoms in total. The van der Waals surface area contributed by atoms with E-state index in [1.807, 2.05) is 35.0 Å². The molecule has 0 spiro atoms. The molecule has 2 aromatic heterocycles. The predicted octanol–water partition coefficient (Wildman–Crippen LogP) is 4.76. The fourth-order valence-electron chi connectivity index (χ4n) is 2.26. The average Bonchev–Trinajstić information content (AvgIpc) is 3.33. The summed E-state index contributed by atoms with van der Waals surface area (Å²) in [5.74, 6) is 2.62. The quantitative estimate of drug-likeness (QED) is 0.584. The lowest BCUT2D eigenvalue weighted by atomic mass is 10.1. The predicted molar refractivity (Wildman–Crippen MR) is 110 cm³/mol. The van der Waals surface area contributed by atoms with Gasteiger partial charge in [0.1, 0.15) is 11.5 Å². The Balaban J connectivity index is 1.61. The molecule has 0 saturated carbocycles. The van der Waals surface area contributed by atoms with E-state index in [1.165, 1.54) is 16.2 Å². The van der Waals surface area contributed by atoms with Gasteiger partial charge in [0.2, 0.25) is 5.91 Å². The van der Waals surface area contributed by atoms with Crippen LogP contribution in [0.5, 0.6) is 11.5 Å². The van der Waals surface area contributed by atoms with Crippen LogP contribution in [0.1, 0.15) is 4.88 Å². The second kappa shape index (κ2) is 9.07. The normalized spacial score (nSPS) is 10.5. The highest BCUT2D eigenvalue weighted by Gasteiger charge is 2.13. The van der Waals surface area contributed by atoms with Gasteiger partial charge in [-0.05, 0) is 29.6 Å². The van der Waals surface area contributed by atoms with Crippen molar-refractivity contribution in [1.82, 2.24) is 4.98 Å². The highest BCUT2D eigenvalue weighted by molar-refractivity contribution is 7.99. The van der Waals surface area contributed by atoms with Crippen molar-refractivity contribution in [1.29, 1.82) is 0 Å². The second-order valence-corrected chi connectivity index (χ2v) is 8.10. The molecule has 3 rings (SSSR count). The Labute approximate surface area is 164 Å². The van der Waals surface area contributed by atoms with E-state index in [2.05, 4.69) is 16.4 Å². The number of thioether (sulfide) groups is 1. The summed E-state index contributed by atoms with van der Waals surface area (Å²) in [4.78, 5) is 17.9. The molecular weight excluding hydrogens is 388 g/mol. The lowest BCUT2D eigenvalue weighted by Crippen LogP contribution is -2.13. The number of nitrogens with one attached hydrogen (secondary N) is 1. The third kappa shape index (κ3) is 4.78. The lowest BCUT2D eigenvalue weighted by Gasteiger charge is -2.08. The minimum absolute atomic E-state index is 0.0509. The molecule has 1 N–H and O–H groups in total. The first-order valence-electron chi connectivity index (χ1n) is 7.77. The first-order chi connectivity index (χ1) is 12.7. The fourth-order valence-corrected chi connectivity index (χ4v) is 4.66. The number of thiophene rings is 1. The van der Waals surface area contributed by atoms with Crippen molar-refractivity contribution in [2.45, 2.75) is 5.75 Å². The average molecular weight is 407 g/mol. The van der Waals surface area contributed by atoms with Crippen LogP contribution in [0, 0.1) is 0 Å². The number of amides is 1. The second-order valence-electron chi connectivity index (χ2n) is 5.22. The van der Waals surface area contributed by atoms with Crippen molar-refractivity contribution >= 4 is 45.5 Å². The summed E-state index contributed by atoms with van der Waals surface area (Å²) < 4.78 is 10.7. The van der Waals surface area contributed by atoms with Crippen molar-refractivity contribution in [2.75, 3.05) is 25.3 Å². The Bertz CT molecular complexity index is 862. The molecule has 0 radical (unpaired) electrons. The van der Waals surface area contributed by atoms with Crippen LogP contribution in [0.25, 0.3) is 11.3 Å². The van der Waals surface area contributed by atoms with Gasteiger partial charge in [0, 0.05) is 21.6 Å². The van der Waals surface area contributed by atoms with Gasteiger partial charge in [0.05, 0.1) is 25.7 Å². The number of thiazole rings is 1. The zero-order valence-electron chi connectivity index (χ0n) is 14.4. The largest absolute Gasteiger partial charge is 0.497 e. The molecule has 0 atom stereocenters. The van der Waals surface area contributed by atoms with Gasteiger partial charge in [-0.3, -0.25) is 4.79 Å². The number of hydrogen-bond acceptors (Lipinski definition) is 7. The van der Waals surface area contributed by atoms with Gasteiger partial charge < -0.3 is 14.8 Å². The molecule has 0 aliphatic heterocycles. The molecule has 8 heteroatoms. The monoisotopic (exact) mass is 406 g/mol. The van der Waals surface area contributed by atoms with Gasteiger partial charge in [-0.15, -0.1) is 34.4 Å². The van der Waals surface area contributed by atoms with Crippen LogP contribution in [0.15, 0.2) is 41.1 Å². The molecule has 0 aliphatic rings. The zero-order chi connectivity index (χ0) is 18.4. The van der Waals surface area contributed by atoms with E-state index in [0.29, 0.717) is 16.6 Å². The highest BCUT2D eigenvalue weighted by Crippen LogP contribution is 2.35. The van der Waals surface area contributed by atoms with Crippen LogP contribution in [0.4, 0.5) is 5.13 Å². The van der Waals surface area contributed by atoms with Crippen LogP contribution >= 0.6 is 34.4 Å². The number of ether oxygens (including phenoxy) is 2. The maximum absolute atomic E-state index is 12.1. The lowest BCUT2D eigenvalue weighted by molar-refractivity contribution is -0.113. The van der Waals surface area contributed by atoms with Gasteiger partial charge in [0.25, 0.3) is 0 Å². The molecule has 136 valence electrons. The minimum Gasteiger partial charge on any atom is -0.497 e. The number of hydrogen-bond donors (Lipinski definition) is 1. The molecule has 0 fully saturated rings. The van der Waals surface area contributed by atoms with Crippen molar-refractivity contribution in [3.63, 3.8) is 0 Å². The van der Waals surface area contributed by atoms with E-state index in [0.717, 1.165) is 22.8 Å². The number of anilines is 1. The Morgan fingerprint density at radius 2 is 2.12 bits per heavy atom. The minimum atomic E-state index is -0.0509. The summed E-state index contributed by atoms with van der Waals surface area (Å²) in [6.07, 6.45) is 0. The summed E-state index contributed by atoms with van der Waals surface area (Å²) in [6.45, 7) is 0. The first kappa shape index (κ1) is 18.8.